The molecule has 1 heterocycles. The number of halogens is 3. The Bertz CT molecular complexity index is 1520. The number of urea groups is 1. The number of aryl methyl sites for hydroxylation is 1. The number of H-pyrrole nitrogens is 1. The van der Waals surface area contributed by atoms with Crippen molar-refractivity contribution >= 4 is 63.3 Å². The summed E-state index contributed by atoms with van der Waals surface area (Å²) >= 11 is 18.6. The van der Waals surface area contributed by atoms with Gasteiger partial charge in [0.25, 0.3) is 0 Å². The monoisotopic (exact) mass is 582 g/mol. The first-order valence-electron chi connectivity index (χ1n) is 12.9. The fraction of sp³-hybridized carbons (Fsp3) is 0.267. The molecule has 1 fully saturated rings. The molecule has 5 rings (SSSR count). The molecule has 0 spiro atoms. The summed E-state index contributed by atoms with van der Waals surface area (Å²) in [5.41, 5.74) is 4.58. The minimum Gasteiger partial charge on any atom is -0.361 e. The second kappa shape index (κ2) is 11.9. The summed E-state index contributed by atoms with van der Waals surface area (Å²) in [6, 6.07) is 18.6. The lowest BCUT2D eigenvalue weighted by Crippen LogP contribution is -2.45. The van der Waals surface area contributed by atoms with Gasteiger partial charge in [0, 0.05) is 46.9 Å². The van der Waals surface area contributed by atoms with E-state index in [4.69, 9.17) is 34.8 Å². The SMILES string of the molecule is Cc1ccc(NC(=O)N(CC(=O)N(CCc2c[nH]c3ccccc23)Cc2ccc(Cl)c(Cl)c2)C2CC2)cc1Cl. The molecule has 1 aliphatic rings. The van der Waals surface area contributed by atoms with Crippen LogP contribution in [0.25, 0.3) is 10.9 Å². The quantitative estimate of drug-likeness (QED) is 0.212. The molecule has 1 aromatic heterocycles. The van der Waals surface area contributed by atoms with Crippen LogP contribution in [0, 0.1) is 6.92 Å². The van der Waals surface area contributed by atoms with Gasteiger partial charge < -0.3 is 20.1 Å². The summed E-state index contributed by atoms with van der Waals surface area (Å²) < 4.78 is 0. The van der Waals surface area contributed by atoms with Crippen LogP contribution in [0.15, 0.2) is 66.9 Å². The summed E-state index contributed by atoms with van der Waals surface area (Å²) in [4.78, 5) is 33.7. The van der Waals surface area contributed by atoms with Gasteiger partial charge in [0.1, 0.15) is 6.54 Å². The van der Waals surface area contributed by atoms with E-state index in [0.29, 0.717) is 40.3 Å². The van der Waals surface area contributed by atoms with E-state index in [9.17, 15) is 9.59 Å². The number of anilines is 1. The number of hydrogen-bond acceptors (Lipinski definition) is 2. The zero-order valence-corrected chi connectivity index (χ0v) is 23.8. The maximum Gasteiger partial charge on any atom is 0.322 e. The molecule has 6 nitrogen and oxygen atoms in total. The van der Waals surface area contributed by atoms with E-state index < -0.39 is 0 Å². The van der Waals surface area contributed by atoms with E-state index in [-0.39, 0.29) is 24.5 Å². The largest absolute Gasteiger partial charge is 0.361 e. The van der Waals surface area contributed by atoms with Crippen LogP contribution in [-0.2, 0) is 17.8 Å². The van der Waals surface area contributed by atoms with Crippen LogP contribution in [0.5, 0.6) is 0 Å². The zero-order chi connectivity index (χ0) is 27.5. The summed E-state index contributed by atoms with van der Waals surface area (Å²) in [5.74, 6) is -0.134. The Balaban J connectivity index is 1.33. The molecule has 0 radical (unpaired) electrons. The number of para-hydroxylation sites is 1. The Morgan fingerprint density at radius 1 is 0.974 bits per heavy atom. The number of aromatic amines is 1. The van der Waals surface area contributed by atoms with E-state index >= 15 is 0 Å². The molecule has 1 saturated carbocycles. The van der Waals surface area contributed by atoms with Gasteiger partial charge >= 0.3 is 6.03 Å². The molecule has 3 aromatic carbocycles. The fourth-order valence-electron chi connectivity index (χ4n) is 4.61. The Labute approximate surface area is 242 Å². The number of amides is 3. The van der Waals surface area contributed by atoms with Crippen LogP contribution in [-0.4, -0.2) is 45.9 Å². The minimum atomic E-state index is -0.308. The third-order valence-electron chi connectivity index (χ3n) is 7.01. The number of nitrogens with zero attached hydrogens (tertiary/aromatic N) is 2. The first kappa shape index (κ1) is 27.4. The second-order valence-corrected chi connectivity index (χ2v) is 11.1. The number of benzene rings is 3. The summed E-state index contributed by atoms with van der Waals surface area (Å²) in [6.07, 6.45) is 4.40. The maximum absolute atomic E-state index is 13.7. The smallest absolute Gasteiger partial charge is 0.322 e. The molecule has 1 aliphatic carbocycles. The Morgan fingerprint density at radius 3 is 2.51 bits per heavy atom. The average molecular weight is 584 g/mol. The molecule has 202 valence electrons. The van der Waals surface area contributed by atoms with Crippen LogP contribution < -0.4 is 5.32 Å². The summed E-state index contributed by atoms with van der Waals surface area (Å²) in [7, 11) is 0. The lowest BCUT2D eigenvalue weighted by molar-refractivity contribution is -0.132. The third kappa shape index (κ3) is 6.70. The third-order valence-corrected chi connectivity index (χ3v) is 8.16. The number of fused-ring (bicyclic) bond motifs is 1. The van der Waals surface area contributed by atoms with Gasteiger partial charge in [0.05, 0.1) is 10.0 Å². The topological polar surface area (TPSA) is 68.4 Å². The van der Waals surface area contributed by atoms with Gasteiger partial charge in [-0.25, -0.2) is 4.79 Å². The first-order chi connectivity index (χ1) is 18.8. The van der Waals surface area contributed by atoms with Crippen molar-refractivity contribution < 1.29 is 9.59 Å². The molecule has 39 heavy (non-hydrogen) atoms. The lowest BCUT2D eigenvalue weighted by atomic mass is 10.1. The molecule has 2 N–H and O–H groups in total. The summed E-state index contributed by atoms with van der Waals surface area (Å²) in [5, 5.41) is 5.52. The molecular weight excluding hydrogens is 555 g/mol. The number of nitrogens with one attached hydrogen (secondary N) is 2. The highest BCUT2D eigenvalue weighted by Crippen LogP contribution is 2.29. The average Bonchev–Trinajstić information content (AvgIpc) is 3.68. The Hall–Kier alpha value is -3.19. The van der Waals surface area contributed by atoms with Crippen molar-refractivity contribution in [2.75, 3.05) is 18.4 Å². The normalized spacial score (nSPS) is 12.9. The van der Waals surface area contributed by atoms with Crippen molar-refractivity contribution in [3.05, 3.63) is 98.6 Å². The zero-order valence-electron chi connectivity index (χ0n) is 21.5. The molecule has 9 heteroatoms. The number of aromatic nitrogens is 1. The van der Waals surface area contributed by atoms with E-state index in [2.05, 4.69) is 16.4 Å². The van der Waals surface area contributed by atoms with Crippen molar-refractivity contribution in [2.24, 2.45) is 0 Å². The fourth-order valence-corrected chi connectivity index (χ4v) is 5.11. The van der Waals surface area contributed by atoms with Crippen molar-refractivity contribution in [2.45, 2.75) is 38.8 Å². The highest BCUT2D eigenvalue weighted by Gasteiger charge is 2.35. The second-order valence-electron chi connectivity index (χ2n) is 9.93. The molecule has 4 aromatic rings. The standard InChI is InChI=1S/C30H29Cl3N4O2/c1-19-6-8-22(15-26(19)32)35-30(39)37(23-9-10-23)18-29(38)36(17-20-7-11-25(31)27(33)14-20)13-12-21-16-34-28-5-3-2-4-24(21)28/h2-8,11,14-16,23,34H,9-10,12-13,17-18H2,1H3,(H,35,39). The van der Waals surface area contributed by atoms with Gasteiger partial charge in [-0.2, -0.15) is 0 Å². The van der Waals surface area contributed by atoms with E-state index in [0.717, 1.165) is 40.4 Å². The molecule has 0 bridgehead atoms. The Kier molecular flexibility index (Phi) is 8.36. The van der Waals surface area contributed by atoms with Crippen molar-refractivity contribution in [3.63, 3.8) is 0 Å². The molecule has 0 aliphatic heterocycles. The molecule has 0 atom stereocenters. The van der Waals surface area contributed by atoms with Crippen LogP contribution in [0.2, 0.25) is 15.1 Å². The number of carbonyl (C=O) groups excluding carboxylic acids is 2. The Morgan fingerprint density at radius 2 is 1.77 bits per heavy atom. The van der Waals surface area contributed by atoms with Crippen LogP contribution in [0.3, 0.4) is 0 Å². The van der Waals surface area contributed by atoms with Crippen LogP contribution in [0.1, 0.15) is 29.5 Å². The summed E-state index contributed by atoms with van der Waals surface area (Å²) in [6.45, 7) is 2.72. The van der Waals surface area contributed by atoms with E-state index in [1.54, 1.807) is 28.0 Å². The van der Waals surface area contributed by atoms with Gasteiger partial charge in [-0.05, 0) is 73.2 Å². The van der Waals surface area contributed by atoms with Gasteiger partial charge in [-0.15, -0.1) is 0 Å². The number of carbonyl (C=O) groups is 2. The number of rotatable bonds is 9. The molecule has 3 amide bonds. The van der Waals surface area contributed by atoms with Gasteiger partial charge in [-0.1, -0.05) is 65.1 Å². The minimum absolute atomic E-state index is 0.0225. The van der Waals surface area contributed by atoms with Gasteiger partial charge in [-0.3, -0.25) is 4.79 Å². The molecule has 0 unspecified atom stereocenters. The maximum atomic E-state index is 13.7. The highest BCUT2D eigenvalue weighted by atomic mass is 35.5. The molecular formula is C30H29Cl3N4O2. The van der Waals surface area contributed by atoms with Crippen LogP contribution >= 0.6 is 34.8 Å². The predicted molar refractivity (Wildman–Crippen MR) is 159 cm³/mol. The number of hydrogen-bond donors (Lipinski definition) is 2. The van der Waals surface area contributed by atoms with Crippen LogP contribution in [0.4, 0.5) is 10.5 Å². The predicted octanol–water partition coefficient (Wildman–Crippen LogP) is 7.70. The van der Waals surface area contributed by atoms with Gasteiger partial charge in [0.15, 0.2) is 0 Å². The van der Waals surface area contributed by atoms with E-state index in [1.807, 2.05) is 49.5 Å². The lowest BCUT2D eigenvalue weighted by Gasteiger charge is -2.28. The molecule has 0 saturated heterocycles. The van der Waals surface area contributed by atoms with Crippen molar-refractivity contribution in [3.8, 4) is 0 Å². The first-order valence-corrected chi connectivity index (χ1v) is 14.0. The highest BCUT2D eigenvalue weighted by molar-refractivity contribution is 6.42. The van der Waals surface area contributed by atoms with Gasteiger partial charge in [0.2, 0.25) is 5.91 Å². The van der Waals surface area contributed by atoms with Crippen molar-refractivity contribution in [1.29, 1.82) is 0 Å². The van der Waals surface area contributed by atoms with E-state index in [1.165, 1.54) is 0 Å². The van der Waals surface area contributed by atoms with Crippen molar-refractivity contribution in [1.82, 2.24) is 14.8 Å².